The summed E-state index contributed by atoms with van der Waals surface area (Å²) in [6.07, 6.45) is 10.2. The van der Waals surface area contributed by atoms with Crippen LogP contribution in [0.2, 0.25) is 0 Å². The highest BCUT2D eigenvalue weighted by molar-refractivity contribution is 5.70. The molecule has 1 amide bonds. The number of hydrogen-bond acceptors (Lipinski definition) is 3. The van der Waals surface area contributed by atoms with E-state index >= 15 is 0 Å². The highest BCUT2D eigenvalue weighted by Crippen LogP contribution is 2.12. The predicted octanol–water partition coefficient (Wildman–Crippen LogP) is 3.67. The average molecular weight is 265 g/mol. The Morgan fingerprint density at radius 1 is 1.21 bits per heavy atom. The van der Waals surface area contributed by atoms with Crippen molar-refractivity contribution in [1.82, 2.24) is 5.32 Å². The van der Waals surface area contributed by atoms with Gasteiger partial charge in [-0.3, -0.25) is 5.32 Å². The Morgan fingerprint density at radius 2 is 1.89 bits per heavy atom. The molecule has 0 aromatic carbocycles. The summed E-state index contributed by atoms with van der Waals surface area (Å²) in [4.78, 5) is 11.7. The van der Waals surface area contributed by atoms with Crippen molar-refractivity contribution in [3.05, 3.63) is 35.8 Å². The number of amides is 1. The molecule has 1 aliphatic rings. The molecule has 4 heteroatoms. The minimum absolute atomic E-state index is 0.439. The minimum atomic E-state index is -0.496. The lowest BCUT2D eigenvalue weighted by Crippen LogP contribution is -2.31. The molecule has 0 saturated heterocycles. The van der Waals surface area contributed by atoms with Gasteiger partial charge in [0.05, 0.1) is 7.11 Å². The number of carbonyl (C=O) groups is 1. The first-order valence-corrected chi connectivity index (χ1v) is 6.53. The molecule has 1 rings (SSSR count). The molecule has 1 N–H and O–H groups in total. The van der Waals surface area contributed by atoms with Gasteiger partial charge in [0, 0.05) is 5.70 Å². The second-order valence-corrected chi connectivity index (χ2v) is 5.36. The molecule has 0 saturated carbocycles. The number of carbonyl (C=O) groups excluding carboxylic acids is 1. The van der Waals surface area contributed by atoms with Crippen LogP contribution in [0.15, 0.2) is 35.8 Å². The zero-order valence-corrected chi connectivity index (χ0v) is 12.2. The van der Waals surface area contributed by atoms with Gasteiger partial charge in [0.25, 0.3) is 0 Å². The second kappa shape index (κ2) is 7.02. The molecule has 0 aromatic rings. The van der Waals surface area contributed by atoms with E-state index < -0.39 is 11.7 Å². The summed E-state index contributed by atoms with van der Waals surface area (Å²) in [5, 5.41) is 2.75. The Hall–Kier alpha value is -1.71. The summed E-state index contributed by atoms with van der Waals surface area (Å²) < 4.78 is 10.4. The molecular formula is C15H23NO3. The van der Waals surface area contributed by atoms with Crippen LogP contribution in [-0.4, -0.2) is 18.8 Å². The molecule has 4 nitrogen and oxygen atoms in total. The molecule has 0 spiro atoms. The van der Waals surface area contributed by atoms with Crippen molar-refractivity contribution in [1.29, 1.82) is 0 Å². The third-order valence-corrected chi connectivity index (χ3v) is 2.43. The fraction of sp³-hybridized carbons (Fsp3) is 0.533. The Bertz CT molecular complexity index is 400. The van der Waals surface area contributed by atoms with Gasteiger partial charge in [0.2, 0.25) is 0 Å². The minimum Gasteiger partial charge on any atom is -0.497 e. The van der Waals surface area contributed by atoms with Crippen molar-refractivity contribution in [3.63, 3.8) is 0 Å². The second-order valence-electron chi connectivity index (χ2n) is 5.36. The SMILES string of the molecule is COC1=CCCC/C=C(\NC(=O)OC(C)(C)C)C=C1. The molecule has 0 unspecified atom stereocenters. The summed E-state index contributed by atoms with van der Waals surface area (Å²) in [6, 6.07) is 0. The van der Waals surface area contributed by atoms with Gasteiger partial charge >= 0.3 is 6.09 Å². The monoisotopic (exact) mass is 265 g/mol. The van der Waals surface area contributed by atoms with Crippen LogP contribution in [0.4, 0.5) is 4.79 Å². The van der Waals surface area contributed by atoms with E-state index in [9.17, 15) is 4.79 Å². The fourth-order valence-electron chi connectivity index (χ4n) is 1.59. The third kappa shape index (κ3) is 6.70. The Morgan fingerprint density at radius 3 is 2.53 bits per heavy atom. The van der Waals surface area contributed by atoms with Crippen molar-refractivity contribution in [2.24, 2.45) is 0 Å². The fourth-order valence-corrected chi connectivity index (χ4v) is 1.59. The lowest BCUT2D eigenvalue weighted by atomic mass is 10.2. The maximum Gasteiger partial charge on any atom is 0.412 e. The third-order valence-electron chi connectivity index (χ3n) is 2.43. The molecule has 0 fully saturated rings. The molecule has 0 aliphatic heterocycles. The highest BCUT2D eigenvalue weighted by atomic mass is 16.6. The van der Waals surface area contributed by atoms with Gasteiger partial charge < -0.3 is 9.47 Å². The van der Waals surface area contributed by atoms with Crippen LogP contribution in [0.3, 0.4) is 0 Å². The van der Waals surface area contributed by atoms with Crippen LogP contribution in [0.25, 0.3) is 0 Å². The summed E-state index contributed by atoms with van der Waals surface area (Å²) in [5.74, 6) is 0.804. The molecule has 0 heterocycles. The first-order chi connectivity index (χ1) is 8.90. The van der Waals surface area contributed by atoms with E-state index in [4.69, 9.17) is 9.47 Å². The Balaban J connectivity index is 2.67. The Kier molecular flexibility index (Phi) is 5.67. The van der Waals surface area contributed by atoms with Crippen LogP contribution in [0.1, 0.15) is 40.0 Å². The maximum absolute atomic E-state index is 11.7. The zero-order chi connectivity index (χ0) is 14.3. The van der Waals surface area contributed by atoms with Gasteiger partial charge in [0.15, 0.2) is 0 Å². The van der Waals surface area contributed by atoms with Gasteiger partial charge in [-0.1, -0.05) is 6.08 Å². The van der Waals surface area contributed by atoms with E-state index in [0.29, 0.717) is 0 Å². The average Bonchev–Trinajstić information content (AvgIpc) is 2.39. The van der Waals surface area contributed by atoms with Crippen molar-refractivity contribution >= 4 is 6.09 Å². The number of allylic oxidation sites excluding steroid dienone is 4. The Labute approximate surface area is 115 Å². The van der Waals surface area contributed by atoms with Gasteiger partial charge in [-0.05, 0) is 58.3 Å². The van der Waals surface area contributed by atoms with E-state index in [-0.39, 0.29) is 0 Å². The summed E-state index contributed by atoms with van der Waals surface area (Å²) in [5.41, 5.74) is 0.240. The summed E-state index contributed by atoms with van der Waals surface area (Å²) >= 11 is 0. The molecule has 0 aromatic heterocycles. The highest BCUT2D eigenvalue weighted by Gasteiger charge is 2.16. The van der Waals surface area contributed by atoms with Crippen LogP contribution in [-0.2, 0) is 9.47 Å². The molecule has 1 aliphatic carbocycles. The smallest absolute Gasteiger partial charge is 0.412 e. The molecule has 106 valence electrons. The normalized spacial score (nSPS) is 19.2. The van der Waals surface area contributed by atoms with Crippen molar-refractivity contribution in [2.45, 2.75) is 45.6 Å². The van der Waals surface area contributed by atoms with Crippen LogP contribution >= 0.6 is 0 Å². The van der Waals surface area contributed by atoms with Gasteiger partial charge in [0.1, 0.15) is 11.4 Å². The van der Waals surface area contributed by atoms with Crippen LogP contribution in [0.5, 0.6) is 0 Å². The number of nitrogens with one attached hydrogen (secondary N) is 1. The quantitative estimate of drug-likeness (QED) is 0.828. The van der Waals surface area contributed by atoms with E-state index in [2.05, 4.69) is 5.32 Å². The van der Waals surface area contributed by atoms with Crippen LogP contribution < -0.4 is 5.32 Å². The van der Waals surface area contributed by atoms with Gasteiger partial charge in [-0.15, -0.1) is 0 Å². The number of methoxy groups -OCH3 is 1. The zero-order valence-electron chi connectivity index (χ0n) is 12.2. The maximum atomic E-state index is 11.7. The number of hydrogen-bond donors (Lipinski definition) is 1. The van der Waals surface area contributed by atoms with Crippen molar-refractivity contribution in [2.75, 3.05) is 7.11 Å². The molecule has 0 atom stereocenters. The first-order valence-electron chi connectivity index (χ1n) is 6.53. The van der Waals surface area contributed by atoms with E-state index in [1.165, 1.54) is 0 Å². The van der Waals surface area contributed by atoms with Crippen molar-refractivity contribution < 1.29 is 14.3 Å². The number of ether oxygens (including phenoxy) is 2. The first kappa shape index (κ1) is 15.3. The molecular weight excluding hydrogens is 242 g/mol. The lowest BCUT2D eigenvalue weighted by molar-refractivity contribution is 0.0547. The van der Waals surface area contributed by atoms with E-state index in [1.54, 1.807) is 7.11 Å². The molecule has 0 bridgehead atoms. The number of alkyl carbamates (subject to hydrolysis) is 1. The lowest BCUT2D eigenvalue weighted by Gasteiger charge is -2.20. The van der Waals surface area contributed by atoms with Crippen molar-refractivity contribution in [3.8, 4) is 0 Å². The summed E-state index contributed by atoms with van der Waals surface area (Å²) in [6.45, 7) is 5.52. The van der Waals surface area contributed by atoms with E-state index in [0.717, 1.165) is 30.7 Å². The van der Waals surface area contributed by atoms with Crippen LogP contribution in [0, 0.1) is 0 Å². The topological polar surface area (TPSA) is 47.6 Å². The number of rotatable bonds is 2. The van der Waals surface area contributed by atoms with Gasteiger partial charge in [-0.25, -0.2) is 4.79 Å². The molecule has 0 radical (unpaired) electrons. The van der Waals surface area contributed by atoms with E-state index in [1.807, 2.05) is 45.1 Å². The summed E-state index contributed by atoms with van der Waals surface area (Å²) in [7, 11) is 1.64. The predicted molar refractivity (Wildman–Crippen MR) is 75.5 cm³/mol. The molecule has 19 heavy (non-hydrogen) atoms. The largest absolute Gasteiger partial charge is 0.497 e. The van der Waals surface area contributed by atoms with Gasteiger partial charge in [-0.2, -0.15) is 0 Å². The standard InChI is InChI=1S/C15H23NO3/c1-15(2,3)19-14(17)16-12-8-6-5-7-9-13(18-4)11-10-12/h8-11H,5-7H2,1-4H3,(H,16,17)/b11-10?,12-8-,13-9?.